The summed E-state index contributed by atoms with van der Waals surface area (Å²) in [6, 6.07) is 16.2. The summed E-state index contributed by atoms with van der Waals surface area (Å²) in [6.45, 7) is 2.26. The zero-order chi connectivity index (χ0) is 21.8. The summed E-state index contributed by atoms with van der Waals surface area (Å²) in [5, 5.41) is 4.32. The number of nitrogens with one attached hydrogen (secondary N) is 1. The van der Waals surface area contributed by atoms with Crippen molar-refractivity contribution in [3.05, 3.63) is 87.6 Å². The van der Waals surface area contributed by atoms with E-state index in [9.17, 15) is 9.59 Å². The van der Waals surface area contributed by atoms with Crippen molar-refractivity contribution < 1.29 is 9.21 Å². The van der Waals surface area contributed by atoms with Crippen LogP contribution in [0.1, 0.15) is 18.2 Å². The van der Waals surface area contributed by atoms with E-state index in [2.05, 4.69) is 10.3 Å². The number of nitrogens with zero attached hydrogens (tertiary/aromatic N) is 2. The monoisotopic (exact) mass is 453 g/mol. The zero-order valence-electron chi connectivity index (χ0n) is 16.8. The van der Waals surface area contributed by atoms with Gasteiger partial charge in [-0.05, 0) is 48.4 Å². The third-order valence-corrected chi connectivity index (χ3v) is 5.99. The number of anilines is 1. The van der Waals surface area contributed by atoms with Crippen LogP contribution in [0, 0.1) is 0 Å². The van der Waals surface area contributed by atoms with Crippen molar-refractivity contribution in [1.29, 1.82) is 0 Å². The lowest BCUT2D eigenvalue weighted by Gasteiger charge is -2.13. The largest absolute Gasteiger partial charge is 0.467 e. The number of hydrogen-bond acceptors (Lipinski definition) is 5. The Morgan fingerprint density at radius 1 is 1.19 bits per heavy atom. The minimum Gasteiger partial charge on any atom is -0.467 e. The van der Waals surface area contributed by atoms with Crippen LogP contribution >= 0.6 is 23.4 Å². The van der Waals surface area contributed by atoms with Crippen molar-refractivity contribution in [3.63, 3.8) is 0 Å². The molecule has 2 aromatic heterocycles. The van der Waals surface area contributed by atoms with Crippen LogP contribution in [0.5, 0.6) is 0 Å². The van der Waals surface area contributed by atoms with Gasteiger partial charge >= 0.3 is 0 Å². The Bertz CT molecular complexity index is 1290. The maximum Gasteiger partial charge on any atom is 0.262 e. The molecule has 0 fully saturated rings. The van der Waals surface area contributed by atoms with Gasteiger partial charge in [0.05, 0.1) is 29.5 Å². The molecule has 0 unspecified atom stereocenters. The first kappa shape index (κ1) is 21.2. The van der Waals surface area contributed by atoms with Crippen LogP contribution < -0.4 is 10.9 Å². The average Bonchev–Trinajstić information content (AvgIpc) is 3.28. The highest BCUT2D eigenvalue weighted by Gasteiger charge is 2.15. The van der Waals surface area contributed by atoms with Crippen molar-refractivity contribution >= 4 is 45.9 Å². The van der Waals surface area contributed by atoms with Crippen molar-refractivity contribution in [2.75, 3.05) is 11.1 Å². The highest BCUT2D eigenvalue weighted by molar-refractivity contribution is 7.99. The highest BCUT2D eigenvalue weighted by atomic mass is 35.5. The molecule has 31 heavy (non-hydrogen) atoms. The Balaban J connectivity index is 1.62. The smallest absolute Gasteiger partial charge is 0.262 e. The number of rotatable bonds is 7. The molecule has 1 amide bonds. The van der Waals surface area contributed by atoms with Gasteiger partial charge in [-0.1, -0.05) is 48.5 Å². The molecule has 0 aliphatic carbocycles. The van der Waals surface area contributed by atoms with E-state index in [0.717, 1.165) is 17.7 Å². The molecule has 0 saturated heterocycles. The third kappa shape index (κ3) is 4.84. The van der Waals surface area contributed by atoms with Crippen LogP contribution in [-0.4, -0.2) is 21.2 Å². The minimum absolute atomic E-state index is 0.106. The summed E-state index contributed by atoms with van der Waals surface area (Å²) in [7, 11) is 0. The van der Waals surface area contributed by atoms with Gasteiger partial charge in [-0.3, -0.25) is 14.2 Å². The van der Waals surface area contributed by atoms with Crippen LogP contribution in [0.15, 0.2) is 75.2 Å². The summed E-state index contributed by atoms with van der Waals surface area (Å²) < 4.78 is 6.93. The Kier molecular flexibility index (Phi) is 6.44. The predicted octanol–water partition coefficient (Wildman–Crippen LogP) is 4.98. The molecular formula is C23H20ClN3O3S. The molecule has 6 nitrogen and oxygen atoms in total. The van der Waals surface area contributed by atoms with Crippen LogP contribution in [0.2, 0.25) is 5.02 Å². The number of carbonyl (C=O) groups excluding carboxylic acids is 1. The zero-order valence-corrected chi connectivity index (χ0v) is 18.4. The number of carbonyl (C=O) groups is 1. The highest BCUT2D eigenvalue weighted by Crippen LogP contribution is 2.22. The Morgan fingerprint density at radius 2 is 2.03 bits per heavy atom. The second kappa shape index (κ2) is 9.41. The van der Waals surface area contributed by atoms with Crippen LogP contribution in [0.4, 0.5) is 5.69 Å². The average molecular weight is 454 g/mol. The molecule has 4 aromatic rings. The first-order valence-electron chi connectivity index (χ1n) is 9.78. The van der Waals surface area contributed by atoms with E-state index in [0.29, 0.717) is 26.8 Å². The Labute approximate surface area is 188 Å². The van der Waals surface area contributed by atoms with Gasteiger partial charge in [0.2, 0.25) is 5.91 Å². The van der Waals surface area contributed by atoms with E-state index < -0.39 is 0 Å². The summed E-state index contributed by atoms with van der Waals surface area (Å²) in [5.41, 5.74) is 2.14. The SMILES string of the molecule is CCc1ccccc1NC(=O)CSc1nc2cc(Cl)ccc2c(=O)n1Cc1ccco1. The van der Waals surface area contributed by atoms with Gasteiger partial charge in [-0.25, -0.2) is 4.98 Å². The molecule has 0 aliphatic rings. The van der Waals surface area contributed by atoms with E-state index in [1.165, 1.54) is 16.3 Å². The van der Waals surface area contributed by atoms with Gasteiger partial charge in [0.25, 0.3) is 5.56 Å². The molecule has 4 rings (SSSR count). The van der Waals surface area contributed by atoms with E-state index in [1.54, 1.807) is 36.6 Å². The van der Waals surface area contributed by atoms with Gasteiger partial charge < -0.3 is 9.73 Å². The predicted molar refractivity (Wildman–Crippen MR) is 124 cm³/mol. The fraction of sp³-hybridized carbons (Fsp3) is 0.174. The number of amides is 1. The van der Waals surface area contributed by atoms with Crippen molar-refractivity contribution in [2.24, 2.45) is 0 Å². The number of fused-ring (bicyclic) bond motifs is 1. The number of para-hydroxylation sites is 1. The molecule has 0 radical (unpaired) electrons. The molecule has 158 valence electrons. The number of aromatic nitrogens is 2. The normalized spacial score (nSPS) is 11.0. The first-order valence-corrected chi connectivity index (χ1v) is 11.1. The summed E-state index contributed by atoms with van der Waals surface area (Å²) in [4.78, 5) is 30.3. The van der Waals surface area contributed by atoms with Gasteiger partial charge in [-0.2, -0.15) is 0 Å². The number of hydrogen-bond donors (Lipinski definition) is 1. The summed E-state index contributed by atoms with van der Waals surface area (Å²) >= 11 is 7.29. The van der Waals surface area contributed by atoms with Crippen molar-refractivity contribution in [3.8, 4) is 0 Å². The van der Waals surface area contributed by atoms with Crippen LogP contribution in [0.25, 0.3) is 10.9 Å². The standard InChI is InChI=1S/C23H20ClN3O3S/c1-2-15-6-3-4-8-19(15)25-21(28)14-31-23-26-20-12-16(24)9-10-18(20)22(29)27(23)13-17-7-5-11-30-17/h3-12H,2,13-14H2,1H3,(H,25,28). The number of aryl methyl sites for hydroxylation is 1. The molecule has 2 aromatic carbocycles. The topological polar surface area (TPSA) is 77.1 Å². The lowest BCUT2D eigenvalue weighted by atomic mass is 10.1. The minimum atomic E-state index is -0.211. The Hall–Kier alpha value is -3.03. The quantitative estimate of drug-likeness (QED) is 0.315. The second-order valence-electron chi connectivity index (χ2n) is 6.87. The fourth-order valence-corrected chi connectivity index (χ4v) is 4.21. The molecule has 0 aliphatic heterocycles. The van der Waals surface area contributed by atoms with Crippen LogP contribution in [0.3, 0.4) is 0 Å². The number of benzene rings is 2. The van der Waals surface area contributed by atoms with Gasteiger partial charge in [-0.15, -0.1) is 0 Å². The molecule has 1 N–H and O–H groups in total. The molecular weight excluding hydrogens is 434 g/mol. The van der Waals surface area contributed by atoms with E-state index in [1.807, 2.05) is 31.2 Å². The summed E-state index contributed by atoms with van der Waals surface area (Å²) in [6.07, 6.45) is 2.37. The Morgan fingerprint density at radius 3 is 2.81 bits per heavy atom. The van der Waals surface area contributed by atoms with Crippen molar-refractivity contribution in [2.45, 2.75) is 25.0 Å². The number of halogens is 1. The van der Waals surface area contributed by atoms with Gasteiger partial charge in [0.1, 0.15) is 5.76 Å². The van der Waals surface area contributed by atoms with E-state index in [-0.39, 0.29) is 23.8 Å². The van der Waals surface area contributed by atoms with Gasteiger partial charge in [0, 0.05) is 10.7 Å². The van der Waals surface area contributed by atoms with Crippen LogP contribution in [-0.2, 0) is 17.8 Å². The molecule has 0 bridgehead atoms. The van der Waals surface area contributed by atoms with Crippen molar-refractivity contribution in [1.82, 2.24) is 9.55 Å². The maximum absolute atomic E-state index is 13.1. The molecule has 0 saturated carbocycles. The molecule has 2 heterocycles. The van der Waals surface area contributed by atoms with E-state index in [4.69, 9.17) is 16.0 Å². The summed E-state index contributed by atoms with van der Waals surface area (Å²) in [5.74, 6) is 0.561. The molecule has 8 heteroatoms. The number of furan rings is 1. The van der Waals surface area contributed by atoms with E-state index >= 15 is 0 Å². The molecule has 0 spiro atoms. The van der Waals surface area contributed by atoms with Gasteiger partial charge in [0.15, 0.2) is 5.16 Å². The lowest BCUT2D eigenvalue weighted by Crippen LogP contribution is -2.24. The fourth-order valence-electron chi connectivity index (χ4n) is 3.25. The number of thioether (sulfide) groups is 1. The second-order valence-corrected chi connectivity index (χ2v) is 8.25. The molecule has 0 atom stereocenters. The first-order chi connectivity index (χ1) is 15.0. The lowest BCUT2D eigenvalue weighted by molar-refractivity contribution is -0.113. The maximum atomic E-state index is 13.1. The third-order valence-electron chi connectivity index (χ3n) is 4.78.